The van der Waals surface area contributed by atoms with Crippen molar-refractivity contribution in [2.45, 2.75) is 70.8 Å². The van der Waals surface area contributed by atoms with Gasteiger partial charge in [-0.1, -0.05) is 45.4 Å². The van der Waals surface area contributed by atoms with E-state index in [0.717, 1.165) is 12.5 Å². The summed E-state index contributed by atoms with van der Waals surface area (Å²) < 4.78 is 1.24. The summed E-state index contributed by atoms with van der Waals surface area (Å²) in [5.41, 5.74) is 0. The van der Waals surface area contributed by atoms with Crippen LogP contribution in [0.3, 0.4) is 0 Å². The van der Waals surface area contributed by atoms with E-state index in [1.54, 1.807) is 0 Å². The first-order chi connectivity index (χ1) is 9.78. The lowest BCUT2D eigenvalue weighted by Crippen LogP contribution is -2.33. The van der Waals surface area contributed by atoms with E-state index in [1.807, 2.05) is 11.3 Å². The molecular formula is C17H28BrNS. The third-order valence-corrected chi connectivity index (χ3v) is 6.06. The van der Waals surface area contributed by atoms with Crippen LogP contribution in [0.5, 0.6) is 0 Å². The van der Waals surface area contributed by atoms with Gasteiger partial charge in [0.25, 0.3) is 0 Å². The first-order valence-corrected chi connectivity index (χ1v) is 9.91. The van der Waals surface area contributed by atoms with Gasteiger partial charge >= 0.3 is 0 Å². The lowest BCUT2D eigenvalue weighted by molar-refractivity contribution is 0.350. The highest BCUT2D eigenvalue weighted by molar-refractivity contribution is 9.10. The second-order valence-corrected chi connectivity index (χ2v) is 8.09. The fraction of sp³-hybridized carbons (Fsp3) is 0.765. The molecule has 1 fully saturated rings. The molecule has 1 aromatic rings. The molecule has 0 aliphatic heterocycles. The number of hydrogen-bond acceptors (Lipinski definition) is 2. The van der Waals surface area contributed by atoms with Gasteiger partial charge in [-0.25, -0.2) is 0 Å². The smallest absolute Gasteiger partial charge is 0.0285 e. The Morgan fingerprint density at radius 2 is 2.05 bits per heavy atom. The molecule has 114 valence electrons. The lowest BCUT2D eigenvalue weighted by atomic mass is 9.91. The Kier molecular flexibility index (Phi) is 7.61. The zero-order valence-corrected chi connectivity index (χ0v) is 15.1. The molecule has 0 amide bonds. The highest BCUT2D eigenvalue weighted by Crippen LogP contribution is 2.28. The minimum absolute atomic E-state index is 0.670. The molecule has 1 nitrogen and oxygen atoms in total. The number of thiophene rings is 1. The van der Waals surface area contributed by atoms with E-state index >= 15 is 0 Å². The molecule has 0 bridgehead atoms. The Hall–Kier alpha value is 0.140. The molecule has 1 saturated carbocycles. The van der Waals surface area contributed by atoms with Crippen molar-refractivity contribution < 1.29 is 0 Å². The van der Waals surface area contributed by atoms with Gasteiger partial charge in [0.2, 0.25) is 0 Å². The minimum Gasteiger partial charge on any atom is -0.314 e. The van der Waals surface area contributed by atoms with E-state index in [2.05, 4.69) is 39.6 Å². The molecule has 1 atom stereocenters. The molecule has 0 aromatic carbocycles. The van der Waals surface area contributed by atoms with Crippen LogP contribution in [0.2, 0.25) is 0 Å². The molecule has 2 rings (SSSR count). The van der Waals surface area contributed by atoms with Crippen LogP contribution in [0.15, 0.2) is 15.9 Å². The normalized spacial score (nSPS) is 18.9. The molecule has 1 aromatic heterocycles. The van der Waals surface area contributed by atoms with Gasteiger partial charge in [-0.05, 0) is 53.7 Å². The summed E-state index contributed by atoms with van der Waals surface area (Å²) in [6.07, 6.45) is 12.5. The molecule has 1 aliphatic carbocycles. The van der Waals surface area contributed by atoms with Gasteiger partial charge < -0.3 is 5.32 Å². The Balaban J connectivity index is 1.88. The predicted molar refractivity (Wildman–Crippen MR) is 93.6 cm³/mol. The van der Waals surface area contributed by atoms with Crippen molar-refractivity contribution in [1.29, 1.82) is 0 Å². The maximum Gasteiger partial charge on any atom is 0.0285 e. The molecule has 0 spiro atoms. The van der Waals surface area contributed by atoms with E-state index in [0.29, 0.717) is 6.04 Å². The first kappa shape index (κ1) is 16.5. The fourth-order valence-electron chi connectivity index (χ4n) is 3.29. The summed E-state index contributed by atoms with van der Waals surface area (Å²) in [5, 5.41) is 5.99. The second kappa shape index (κ2) is 9.22. The molecule has 0 radical (unpaired) electrons. The van der Waals surface area contributed by atoms with Gasteiger partial charge in [0.15, 0.2) is 0 Å². The van der Waals surface area contributed by atoms with Crippen LogP contribution in [0, 0.1) is 5.92 Å². The Morgan fingerprint density at radius 1 is 1.30 bits per heavy atom. The van der Waals surface area contributed by atoms with E-state index in [1.165, 1.54) is 67.1 Å². The lowest BCUT2D eigenvalue weighted by Gasteiger charge is -2.23. The van der Waals surface area contributed by atoms with E-state index in [4.69, 9.17) is 0 Å². The zero-order chi connectivity index (χ0) is 14.2. The average molecular weight is 358 g/mol. The van der Waals surface area contributed by atoms with Crippen molar-refractivity contribution in [3.63, 3.8) is 0 Å². The number of rotatable bonds is 7. The maximum absolute atomic E-state index is 3.79. The molecule has 1 N–H and O–H groups in total. The van der Waals surface area contributed by atoms with Gasteiger partial charge in [0.1, 0.15) is 0 Å². The molecule has 1 aliphatic rings. The van der Waals surface area contributed by atoms with Crippen LogP contribution >= 0.6 is 27.3 Å². The van der Waals surface area contributed by atoms with Crippen LogP contribution in [0.1, 0.15) is 63.2 Å². The maximum atomic E-state index is 3.79. The topological polar surface area (TPSA) is 12.0 Å². The summed E-state index contributed by atoms with van der Waals surface area (Å²) >= 11 is 5.46. The molecule has 1 unspecified atom stereocenters. The van der Waals surface area contributed by atoms with Gasteiger partial charge in [-0.15, -0.1) is 11.3 Å². The molecular weight excluding hydrogens is 330 g/mol. The van der Waals surface area contributed by atoms with Gasteiger partial charge in [-0.3, -0.25) is 0 Å². The zero-order valence-electron chi connectivity index (χ0n) is 12.7. The molecule has 1 heterocycles. The first-order valence-electron chi connectivity index (χ1n) is 8.24. The highest BCUT2D eigenvalue weighted by atomic mass is 79.9. The standard InChI is InChI=1S/C17H28BrNS/c1-2-9-19-16(12-17-11-15(18)13-20-17)10-14-7-5-3-4-6-8-14/h11,13-14,16,19H,2-10,12H2,1H3. The van der Waals surface area contributed by atoms with Crippen LogP contribution in [0.4, 0.5) is 0 Å². The van der Waals surface area contributed by atoms with Crippen molar-refractivity contribution in [3.8, 4) is 0 Å². The quantitative estimate of drug-likeness (QED) is 0.609. The Bertz CT molecular complexity index is 369. The molecule has 0 saturated heterocycles. The average Bonchev–Trinajstić information content (AvgIpc) is 2.69. The van der Waals surface area contributed by atoms with Crippen molar-refractivity contribution in [3.05, 3.63) is 20.8 Å². The Labute approximate surface area is 136 Å². The Morgan fingerprint density at radius 3 is 2.65 bits per heavy atom. The third kappa shape index (κ3) is 5.87. The number of nitrogens with one attached hydrogen (secondary N) is 1. The van der Waals surface area contributed by atoms with Crippen LogP contribution in [-0.4, -0.2) is 12.6 Å². The van der Waals surface area contributed by atoms with E-state index < -0.39 is 0 Å². The second-order valence-electron chi connectivity index (χ2n) is 6.18. The number of halogens is 1. The SMILES string of the molecule is CCCNC(Cc1cc(Br)cs1)CC1CCCCCC1. The van der Waals surface area contributed by atoms with Crippen LogP contribution in [0.25, 0.3) is 0 Å². The number of hydrogen-bond donors (Lipinski definition) is 1. The largest absolute Gasteiger partial charge is 0.314 e. The van der Waals surface area contributed by atoms with E-state index in [9.17, 15) is 0 Å². The van der Waals surface area contributed by atoms with Crippen LogP contribution in [-0.2, 0) is 6.42 Å². The minimum atomic E-state index is 0.670. The fourth-order valence-corrected chi connectivity index (χ4v) is 4.83. The van der Waals surface area contributed by atoms with Gasteiger partial charge in [-0.2, -0.15) is 0 Å². The monoisotopic (exact) mass is 357 g/mol. The summed E-state index contributed by atoms with van der Waals surface area (Å²) in [6.45, 7) is 3.42. The summed E-state index contributed by atoms with van der Waals surface area (Å²) in [5.74, 6) is 0.954. The summed E-state index contributed by atoms with van der Waals surface area (Å²) in [4.78, 5) is 1.51. The summed E-state index contributed by atoms with van der Waals surface area (Å²) in [7, 11) is 0. The molecule has 3 heteroatoms. The van der Waals surface area contributed by atoms with E-state index in [-0.39, 0.29) is 0 Å². The van der Waals surface area contributed by atoms with Gasteiger partial charge in [0.05, 0.1) is 0 Å². The predicted octanol–water partition coefficient (Wildman–Crippen LogP) is 5.78. The summed E-state index contributed by atoms with van der Waals surface area (Å²) in [6, 6.07) is 2.96. The van der Waals surface area contributed by atoms with Crippen molar-refractivity contribution >= 4 is 27.3 Å². The third-order valence-electron chi connectivity index (χ3n) is 4.34. The van der Waals surface area contributed by atoms with Crippen molar-refractivity contribution in [2.75, 3.05) is 6.54 Å². The molecule has 20 heavy (non-hydrogen) atoms. The van der Waals surface area contributed by atoms with Gasteiger partial charge in [0, 0.05) is 20.8 Å². The van der Waals surface area contributed by atoms with Crippen molar-refractivity contribution in [2.24, 2.45) is 5.92 Å². The van der Waals surface area contributed by atoms with Crippen LogP contribution < -0.4 is 5.32 Å². The van der Waals surface area contributed by atoms with Crippen molar-refractivity contribution in [1.82, 2.24) is 5.32 Å². The highest BCUT2D eigenvalue weighted by Gasteiger charge is 2.18.